The van der Waals surface area contributed by atoms with Gasteiger partial charge in [-0.2, -0.15) is 0 Å². The topological polar surface area (TPSA) is 27.1 Å². The van der Waals surface area contributed by atoms with Gasteiger partial charge in [-0.05, 0) is 47.5 Å². The summed E-state index contributed by atoms with van der Waals surface area (Å²) in [4.78, 5) is 4.79. The monoisotopic (exact) mass is 298 g/mol. The lowest BCUT2D eigenvalue weighted by Gasteiger charge is -2.26. The second-order valence-corrected chi connectivity index (χ2v) is 5.98. The molecule has 0 bridgehead atoms. The van der Waals surface area contributed by atoms with Gasteiger partial charge in [0.05, 0.1) is 5.69 Å². The van der Waals surface area contributed by atoms with E-state index in [9.17, 15) is 0 Å². The van der Waals surface area contributed by atoms with Gasteiger partial charge in [-0.25, -0.2) is 4.98 Å². The number of ether oxygens (including phenoxy) is 1. The average Bonchev–Trinajstić information content (AvgIpc) is 2.69. The second-order valence-electron chi connectivity index (χ2n) is 5.23. The lowest BCUT2D eigenvalue weighted by Crippen LogP contribution is -2.21. The van der Waals surface area contributed by atoms with E-state index < -0.39 is 0 Å². The van der Waals surface area contributed by atoms with Gasteiger partial charge in [-0.3, -0.25) is 0 Å². The molecule has 2 aliphatic rings. The summed E-state index contributed by atoms with van der Waals surface area (Å²) in [6.07, 6.45) is 4.82. The van der Waals surface area contributed by atoms with Crippen LogP contribution in [-0.4, -0.2) is 22.8 Å². The maximum absolute atomic E-state index is 5.44. The molecule has 4 heteroatoms. The molecular weight excluding hydrogens is 280 g/mol. The van der Waals surface area contributed by atoms with Crippen LogP contribution in [0.1, 0.15) is 56.0 Å². The van der Waals surface area contributed by atoms with Crippen molar-refractivity contribution in [2.24, 2.45) is 0 Å². The highest BCUT2D eigenvalue weighted by Crippen LogP contribution is 2.37. The van der Waals surface area contributed by atoms with Crippen molar-refractivity contribution in [3.05, 3.63) is 16.1 Å². The van der Waals surface area contributed by atoms with E-state index in [1.54, 1.807) is 0 Å². The molecule has 0 N–H and O–H groups in total. The Morgan fingerprint density at radius 1 is 1.29 bits per heavy atom. The molecule has 1 aromatic rings. The number of imidazole rings is 1. The first-order valence-corrected chi connectivity index (χ1v) is 7.40. The van der Waals surface area contributed by atoms with Crippen LogP contribution in [0.4, 0.5) is 0 Å². The Hall–Kier alpha value is -0.350. The van der Waals surface area contributed by atoms with Gasteiger partial charge in [0.1, 0.15) is 10.4 Å². The summed E-state index contributed by atoms with van der Waals surface area (Å²) < 4.78 is 8.99. The van der Waals surface area contributed by atoms with Crippen molar-refractivity contribution in [2.45, 2.75) is 51.0 Å². The summed E-state index contributed by atoms with van der Waals surface area (Å²) >= 11 is 3.65. The summed E-state index contributed by atoms with van der Waals surface area (Å²) in [6.45, 7) is 5.23. The van der Waals surface area contributed by atoms with Gasteiger partial charge < -0.3 is 9.30 Å². The Kier molecular flexibility index (Phi) is 3.26. The Morgan fingerprint density at radius 3 is 2.82 bits per heavy atom. The van der Waals surface area contributed by atoms with Crippen molar-refractivity contribution in [1.29, 1.82) is 0 Å². The van der Waals surface area contributed by atoms with E-state index in [2.05, 4.69) is 27.4 Å². The van der Waals surface area contributed by atoms with Crippen LogP contribution < -0.4 is 0 Å². The van der Waals surface area contributed by atoms with Crippen molar-refractivity contribution in [3.8, 4) is 0 Å². The molecule has 1 aromatic heterocycles. The summed E-state index contributed by atoms with van der Waals surface area (Å²) in [7, 11) is 0. The smallest absolute Gasteiger partial charge is 0.127 e. The number of hydrogen-bond donors (Lipinski definition) is 0. The van der Waals surface area contributed by atoms with Gasteiger partial charge in [0.2, 0.25) is 0 Å². The Balaban J connectivity index is 1.97. The maximum atomic E-state index is 5.44. The van der Waals surface area contributed by atoms with E-state index in [0.717, 1.165) is 37.2 Å². The van der Waals surface area contributed by atoms with E-state index in [1.807, 2.05) is 0 Å². The molecule has 17 heavy (non-hydrogen) atoms. The fourth-order valence-corrected chi connectivity index (χ4v) is 3.90. The average molecular weight is 299 g/mol. The normalized spacial score (nSPS) is 25.9. The molecule has 1 atom stereocenters. The zero-order valence-corrected chi connectivity index (χ0v) is 11.9. The predicted octanol–water partition coefficient (Wildman–Crippen LogP) is 3.44. The minimum Gasteiger partial charge on any atom is -0.381 e. The molecule has 3 heterocycles. The predicted molar refractivity (Wildman–Crippen MR) is 70.4 cm³/mol. The van der Waals surface area contributed by atoms with Gasteiger partial charge in [-0.1, -0.05) is 6.92 Å². The van der Waals surface area contributed by atoms with Crippen molar-refractivity contribution < 1.29 is 4.74 Å². The van der Waals surface area contributed by atoms with E-state index in [4.69, 9.17) is 9.72 Å². The third-order valence-corrected chi connectivity index (χ3v) is 4.65. The van der Waals surface area contributed by atoms with Crippen molar-refractivity contribution >= 4 is 15.9 Å². The standard InChI is InChI=1S/C13H19BrN2O/c1-9-3-2-6-16-11(9)12(14)15-13(16)10-4-7-17-8-5-10/h9-10H,2-8H2,1H3. The zero-order chi connectivity index (χ0) is 11.8. The van der Waals surface area contributed by atoms with Crippen LogP contribution in [0.15, 0.2) is 4.60 Å². The summed E-state index contributed by atoms with van der Waals surface area (Å²) in [5.41, 5.74) is 1.41. The highest BCUT2D eigenvalue weighted by molar-refractivity contribution is 9.10. The molecular formula is C13H19BrN2O. The first-order chi connectivity index (χ1) is 8.27. The minimum absolute atomic E-state index is 0.596. The Morgan fingerprint density at radius 2 is 2.06 bits per heavy atom. The minimum atomic E-state index is 0.596. The SMILES string of the molecule is CC1CCCn2c(C3CCOCC3)nc(Br)c21. The van der Waals surface area contributed by atoms with Gasteiger partial charge >= 0.3 is 0 Å². The lowest BCUT2D eigenvalue weighted by atomic mass is 9.96. The highest BCUT2D eigenvalue weighted by Gasteiger charge is 2.28. The zero-order valence-electron chi connectivity index (χ0n) is 10.3. The van der Waals surface area contributed by atoms with Crippen LogP contribution in [0, 0.1) is 0 Å². The molecule has 0 aromatic carbocycles. The van der Waals surface area contributed by atoms with Gasteiger partial charge in [0, 0.05) is 25.7 Å². The molecule has 0 spiro atoms. The van der Waals surface area contributed by atoms with Gasteiger partial charge in [0.15, 0.2) is 0 Å². The van der Waals surface area contributed by atoms with E-state index in [0.29, 0.717) is 11.8 Å². The van der Waals surface area contributed by atoms with E-state index in [1.165, 1.54) is 24.4 Å². The molecule has 1 fully saturated rings. The number of aromatic nitrogens is 2. The molecule has 3 nitrogen and oxygen atoms in total. The van der Waals surface area contributed by atoms with Crippen LogP contribution in [0.2, 0.25) is 0 Å². The molecule has 0 saturated carbocycles. The highest BCUT2D eigenvalue weighted by atomic mass is 79.9. The number of nitrogens with zero attached hydrogens (tertiary/aromatic N) is 2. The lowest BCUT2D eigenvalue weighted by molar-refractivity contribution is 0.0826. The van der Waals surface area contributed by atoms with Gasteiger partial charge in [-0.15, -0.1) is 0 Å². The van der Waals surface area contributed by atoms with Crippen molar-refractivity contribution in [3.63, 3.8) is 0 Å². The molecule has 0 amide bonds. The molecule has 94 valence electrons. The van der Waals surface area contributed by atoms with Crippen LogP contribution in [0.25, 0.3) is 0 Å². The van der Waals surface area contributed by atoms with E-state index >= 15 is 0 Å². The number of hydrogen-bond acceptors (Lipinski definition) is 2. The Bertz CT molecular complexity index is 410. The fraction of sp³-hybridized carbons (Fsp3) is 0.769. The quantitative estimate of drug-likeness (QED) is 0.794. The molecule has 1 unspecified atom stereocenters. The third kappa shape index (κ3) is 2.06. The van der Waals surface area contributed by atoms with Gasteiger partial charge in [0.25, 0.3) is 0 Å². The van der Waals surface area contributed by atoms with E-state index in [-0.39, 0.29) is 0 Å². The van der Waals surface area contributed by atoms with Crippen LogP contribution >= 0.6 is 15.9 Å². The van der Waals surface area contributed by atoms with Crippen LogP contribution in [0.3, 0.4) is 0 Å². The second kappa shape index (κ2) is 4.73. The summed E-state index contributed by atoms with van der Waals surface area (Å²) in [5.74, 6) is 2.53. The largest absolute Gasteiger partial charge is 0.381 e. The molecule has 3 rings (SSSR count). The van der Waals surface area contributed by atoms with Crippen molar-refractivity contribution in [1.82, 2.24) is 9.55 Å². The fourth-order valence-electron chi connectivity index (χ4n) is 3.12. The number of rotatable bonds is 1. The third-order valence-electron chi connectivity index (χ3n) is 4.06. The van der Waals surface area contributed by atoms with Crippen LogP contribution in [-0.2, 0) is 11.3 Å². The molecule has 0 radical (unpaired) electrons. The van der Waals surface area contributed by atoms with Crippen LogP contribution in [0.5, 0.6) is 0 Å². The Labute approximate surface area is 111 Å². The summed E-state index contributed by atoms with van der Waals surface area (Å²) in [5, 5.41) is 0. The first-order valence-electron chi connectivity index (χ1n) is 6.61. The molecule has 2 aliphatic heterocycles. The number of halogens is 1. The first kappa shape index (κ1) is 11.7. The maximum Gasteiger partial charge on any atom is 0.127 e. The summed E-state index contributed by atoms with van der Waals surface area (Å²) in [6, 6.07) is 0. The molecule has 0 aliphatic carbocycles. The molecule has 1 saturated heterocycles. The number of fused-ring (bicyclic) bond motifs is 1. The van der Waals surface area contributed by atoms with Crippen molar-refractivity contribution in [2.75, 3.05) is 13.2 Å².